The average Bonchev–Trinajstić information content (AvgIpc) is 2.97. The van der Waals surface area contributed by atoms with Crippen LogP contribution in [0.1, 0.15) is 68.8 Å². The van der Waals surface area contributed by atoms with Crippen LogP contribution in [0.3, 0.4) is 0 Å². The number of ether oxygens (including phenoxy) is 1. The van der Waals surface area contributed by atoms with Crippen LogP contribution in [0.25, 0.3) is 0 Å². The third kappa shape index (κ3) is 7.72. The Kier molecular flexibility index (Phi) is 9.09. The molecule has 6 nitrogen and oxygen atoms in total. The number of nitrogens with one attached hydrogen (secondary N) is 1. The molecule has 2 aromatic carbocycles. The number of rotatable bonds is 6. The van der Waals surface area contributed by atoms with E-state index in [0.29, 0.717) is 15.6 Å². The molecule has 0 aromatic heterocycles. The second kappa shape index (κ2) is 12.0. The minimum absolute atomic E-state index is 0.0487. The zero-order valence-corrected chi connectivity index (χ0v) is 24.1. The van der Waals surface area contributed by atoms with Crippen molar-refractivity contribution in [1.82, 2.24) is 5.32 Å². The van der Waals surface area contributed by atoms with Crippen molar-refractivity contribution in [3.05, 3.63) is 58.4 Å². The lowest BCUT2D eigenvalue weighted by molar-refractivity contribution is -0.120. The highest BCUT2D eigenvalue weighted by Crippen LogP contribution is 2.40. The molecule has 0 radical (unpaired) electrons. The van der Waals surface area contributed by atoms with E-state index in [4.69, 9.17) is 16.3 Å². The Morgan fingerprint density at radius 1 is 1.15 bits per heavy atom. The summed E-state index contributed by atoms with van der Waals surface area (Å²) in [7, 11) is 0. The Morgan fingerprint density at radius 2 is 1.80 bits per heavy atom. The van der Waals surface area contributed by atoms with Crippen molar-refractivity contribution in [1.29, 1.82) is 0 Å². The van der Waals surface area contributed by atoms with Crippen molar-refractivity contribution in [3.8, 4) is 0 Å². The monoisotopic (exact) mass is 596 g/mol. The molecule has 1 N–H and O–H groups in total. The van der Waals surface area contributed by atoms with Gasteiger partial charge in [0.15, 0.2) is 5.78 Å². The first-order chi connectivity index (χ1) is 18.7. The van der Waals surface area contributed by atoms with E-state index < -0.39 is 41.2 Å². The molecule has 0 saturated heterocycles. The second-order valence-electron chi connectivity index (χ2n) is 11.3. The molecule has 1 heterocycles. The maximum Gasteiger partial charge on any atom is 0.408 e. The van der Waals surface area contributed by atoms with Gasteiger partial charge in [-0.25, -0.2) is 18.0 Å². The van der Waals surface area contributed by atoms with E-state index in [0.717, 1.165) is 5.56 Å². The highest BCUT2D eigenvalue weighted by Gasteiger charge is 2.37. The lowest BCUT2D eigenvalue weighted by atomic mass is 9.83. The van der Waals surface area contributed by atoms with E-state index in [1.165, 1.54) is 28.8 Å². The van der Waals surface area contributed by atoms with Crippen LogP contribution in [-0.4, -0.2) is 41.1 Å². The molecular formula is C29H32ClF3N2O4S. The van der Waals surface area contributed by atoms with Crippen LogP contribution in [0.2, 0.25) is 5.02 Å². The summed E-state index contributed by atoms with van der Waals surface area (Å²) in [4.78, 5) is 41.3. The first-order valence-corrected chi connectivity index (χ1v) is 14.5. The van der Waals surface area contributed by atoms with E-state index in [2.05, 4.69) is 5.32 Å². The maximum atomic E-state index is 15.3. The number of anilines is 1. The number of Topliss-reactive ketones (excluding diaryl/α,β-unsaturated/α-hetero) is 1. The zero-order chi connectivity index (χ0) is 29.2. The number of alkyl halides is 2. The molecule has 11 heteroatoms. The minimum atomic E-state index is -2.72. The summed E-state index contributed by atoms with van der Waals surface area (Å²) in [5.41, 5.74) is 0.0956. The van der Waals surface area contributed by atoms with Crippen molar-refractivity contribution in [2.45, 2.75) is 81.9 Å². The quantitative estimate of drug-likeness (QED) is 0.352. The van der Waals surface area contributed by atoms with E-state index in [1.807, 2.05) is 0 Å². The summed E-state index contributed by atoms with van der Waals surface area (Å²) in [6.45, 7) is 5.20. The van der Waals surface area contributed by atoms with Crippen LogP contribution in [0.4, 0.5) is 23.7 Å². The Labute approximate surface area is 241 Å². The van der Waals surface area contributed by atoms with Gasteiger partial charge in [0.2, 0.25) is 5.92 Å². The van der Waals surface area contributed by atoms with Gasteiger partial charge in [-0.15, -0.1) is 11.8 Å². The first-order valence-electron chi connectivity index (χ1n) is 13.1. The predicted octanol–water partition coefficient (Wildman–Crippen LogP) is 7.41. The molecule has 40 heavy (non-hydrogen) atoms. The van der Waals surface area contributed by atoms with Crippen molar-refractivity contribution in [3.63, 3.8) is 0 Å². The first kappa shape index (κ1) is 30.2. The van der Waals surface area contributed by atoms with Crippen molar-refractivity contribution >= 4 is 46.8 Å². The van der Waals surface area contributed by atoms with E-state index >= 15 is 4.39 Å². The van der Waals surface area contributed by atoms with Gasteiger partial charge in [0, 0.05) is 34.9 Å². The lowest BCUT2D eigenvalue weighted by Gasteiger charge is -2.28. The number of halogens is 4. The van der Waals surface area contributed by atoms with Crippen LogP contribution in [0.5, 0.6) is 0 Å². The number of hydrogen-bond acceptors (Lipinski definition) is 5. The summed E-state index contributed by atoms with van der Waals surface area (Å²) < 4.78 is 47.7. The summed E-state index contributed by atoms with van der Waals surface area (Å²) in [5.74, 6) is -4.55. The fourth-order valence-corrected chi connectivity index (χ4v) is 6.00. The fraction of sp³-hybridized carbons (Fsp3) is 0.483. The summed E-state index contributed by atoms with van der Waals surface area (Å²) >= 11 is 7.21. The minimum Gasteiger partial charge on any atom is -0.444 e. The molecule has 0 spiro atoms. The predicted molar refractivity (Wildman–Crippen MR) is 149 cm³/mol. The normalized spacial score (nSPS) is 19.5. The number of fused-ring (bicyclic) bond motifs is 1. The molecule has 216 valence electrons. The van der Waals surface area contributed by atoms with Crippen LogP contribution >= 0.6 is 23.4 Å². The SMILES string of the molecule is CC(C)(C)OC(=O)N[C@H]1CSc2cc(F)c(C(=O)CC3CCC(F)(F)CC3)cc2N(Cc2ccc(Cl)cc2)C1=O. The number of hydrogen-bond donors (Lipinski definition) is 1. The van der Waals surface area contributed by atoms with Crippen molar-refractivity contribution in [2.75, 3.05) is 10.7 Å². The molecule has 1 aliphatic carbocycles. The third-order valence-electron chi connectivity index (χ3n) is 6.87. The van der Waals surface area contributed by atoms with Gasteiger partial charge in [-0.2, -0.15) is 0 Å². The Balaban J connectivity index is 1.64. The Morgan fingerprint density at radius 3 is 2.42 bits per heavy atom. The molecule has 1 aliphatic heterocycles. The zero-order valence-electron chi connectivity index (χ0n) is 22.6. The Bertz CT molecular complexity index is 1270. The van der Waals surface area contributed by atoms with Crippen molar-refractivity contribution in [2.24, 2.45) is 5.92 Å². The summed E-state index contributed by atoms with van der Waals surface area (Å²) in [5, 5.41) is 3.14. The summed E-state index contributed by atoms with van der Waals surface area (Å²) in [6.07, 6.45) is -0.995. The largest absolute Gasteiger partial charge is 0.444 e. The fourth-order valence-electron chi connectivity index (χ4n) is 4.80. The van der Waals surface area contributed by atoms with Gasteiger partial charge in [-0.3, -0.25) is 9.59 Å². The highest BCUT2D eigenvalue weighted by atomic mass is 35.5. The van der Waals surface area contributed by atoms with Gasteiger partial charge < -0.3 is 15.0 Å². The van der Waals surface area contributed by atoms with Gasteiger partial charge in [0.05, 0.1) is 17.8 Å². The van der Waals surface area contributed by atoms with Gasteiger partial charge in [-0.05, 0) is 69.4 Å². The van der Waals surface area contributed by atoms with E-state index in [9.17, 15) is 23.2 Å². The molecule has 2 aliphatic rings. The number of ketones is 1. The number of nitrogens with zero attached hydrogens (tertiary/aromatic N) is 1. The smallest absolute Gasteiger partial charge is 0.408 e. The van der Waals surface area contributed by atoms with Gasteiger partial charge in [0.1, 0.15) is 17.5 Å². The lowest BCUT2D eigenvalue weighted by Crippen LogP contribution is -2.50. The number of benzene rings is 2. The Hall–Kier alpha value is -2.72. The number of amides is 2. The molecule has 0 unspecified atom stereocenters. The van der Waals surface area contributed by atoms with E-state index in [1.54, 1.807) is 45.0 Å². The number of carbonyl (C=O) groups is 3. The van der Waals surface area contributed by atoms with Crippen LogP contribution < -0.4 is 10.2 Å². The standard InChI is InChI=1S/C29H32ClF3N2O4S/c1-28(2,3)39-27(38)34-22-16-40-25-14-21(31)20(24(36)12-17-8-10-29(32,33)11-9-17)13-23(25)35(26(22)37)15-18-4-6-19(30)7-5-18/h4-7,13-14,17,22H,8-12,15-16H2,1-3H3,(H,34,38)/t22-/m0/s1. The molecule has 2 amide bonds. The van der Waals surface area contributed by atoms with Crippen LogP contribution in [-0.2, 0) is 16.1 Å². The van der Waals surface area contributed by atoms with Gasteiger partial charge in [-0.1, -0.05) is 23.7 Å². The number of carbonyl (C=O) groups excluding carboxylic acids is 3. The second-order valence-corrected chi connectivity index (χ2v) is 12.8. The molecule has 1 atom stereocenters. The van der Waals surface area contributed by atoms with E-state index in [-0.39, 0.29) is 55.9 Å². The molecular weight excluding hydrogens is 565 g/mol. The molecule has 2 aromatic rings. The average molecular weight is 597 g/mol. The highest BCUT2D eigenvalue weighted by molar-refractivity contribution is 7.99. The van der Waals surface area contributed by atoms with Crippen LogP contribution in [0.15, 0.2) is 41.3 Å². The maximum absolute atomic E-state index is 15.3. The molecule has 0 bridgehead atoms. The van der Waals surface area contributed by atoms with Crippen LogP contribution in [0, 0.1) is 11.7 Å². The van der Waals surface area contributed by atoms with Gasteiger partial charge in [0.25, 0.3) is 5.91 Å². The molecule has 4 rings (SSSR count). The molecule has 1 saturated carbocycles. The number of thioether (sulfide) groups is 1. The molecule has 1 fully saturated rings. The van der Waals surface area contributed by atoms with Crippen molar-refractivity contribution < 1.29 is 32.3 Å². The van der Waals surface area contributed by atoms with Gasteiger partial charge >= 0.3 is 6.09 Å². The summed E-state index contributed by atoms with van der Waals surface area (Å²) in [6, 6.07) is 8.46. The third-order valence-corrected chi connectivity index (χ3v) is 8.26. The number of alkyl carbamates (subject to hydrolysis) is 1. The topological polar surface area (TPSA) is 75.7 Å².